The third-order valence-electron chi connectivity index (χ3n) is 5.97. The van der Waals surface area contributed by atoms with Crippen molar-refractivity contribution in [1.82, 2.24) is 29.5 Å². The molecule has 168 valence electrons. The van der Waals surface area contributed by atoms with Gasteiger partial charge in [-0.25, -0.2) is 28.8 Å². The number of aromatic nitrogens is 6. The Hall–Kier alpha value is -4.15. The predicted octanol–water partition coefficient (Wildman–Crippen LogP) is 2.61. The fourth-order valence-corrected chi connectivity index (χ4v) is 4.13. The summed E-state index contributed by atoms with van der Waals surface area (Å²) in [5, 5.41) is 16.8. The normalized spacial score (nSPS) is 17.4. The molecule has 0 aliphatic carbocycles. The third kappa shape index (κ3) is 3.15. The predicted molar refractivity (Wildman–Crippen MR) is 118 cm³/mol. The molecular formula is C22H21FN8O2. The molecule has 1 amide bonds. The number of nitrogens with one attached hydrogen (secondary N) is 1. The number of rotatable bonds is 5. The SMILES string of the molecule is CCCCc1nc(-c2nc(N)c3c(n2)NC(=O)[C@]3(C)c2ccc(F)c(O)c2)cn2ncnc12. The second-order valence-corrected chi connectivity index (χ2v) is 8.11. The van der Waals surface area contributed by atoms with E-state index in [1.165, 1.54) is 18.5 Å². The molecule has 5 rings (SSSR count). The van der Waals surface area contributed by atoms with Crippen molar-refractivity contribution in [3.8, 4) is 17.3 Å². The lowest BCUT2D eigenvalue weighted by atomic mass is 9.77. The Morgan fingerprint density at radius 3 is 2.85 bits per heavy atom. The molecule has 1 aliphatic heterocycles. The van der Waals surface area contributed by atoms with E-state index in [2.05, 4.69) is 32.3 Å². The summed E-state index contributed by atoms with van der Waals surface area (Å²) in [7, 11) is 0. The topological polar surface area (TPSA) is 144 Å². The molecule has 33 heavy (non-hydrogen) atoms. The van der Waals surface area contributed by atoms with Crippen molar-refractivity contribution in [2.24, 2.45) is 0 Å². The number of halogens is 1. The maximum Gasteiger partial charge on any atom is 0.240 e. The van der Waals surface area contributed by atoms with Gasteiger partial charge in [-0.1, -0.05) is 19.4 Å². The van der Waals surface area contributed by atoms with E-state index in [9.17, 15) is 14.3 Å². The number of carbonyl (C=O) groups is 1. The lowest BCUT2D eigenvalue weighted by Crippen LogP contribution is -2.33. The molecule has 10 nitrogen and oxygen atoms in total. The average Bonchev–Trinajstić information content (AvgIpc) is 3.37. The first-order valence-electron chi connectivity index (χ1n) is 10.5. The lowest BCUT2D eigenvalue weighted by molar-refractivity contribution is -0.119. The Labute approximate surface area is 187 Å². The monoisotopic (exact) mass is 448 g/mol. The van der Waals surface area contributed by atoms with Gasteiger partial charge in [0.25, 0.3) is 0 Å². The number of anilines is 2. The van der Waals surface area contributed by atoms with Gasteiger partial charge in [0.15, 0.2) is 23.0 Å². The number of nitrogens with two attached hydrogens (primary N) is 1. The highest BCUT2D eigenvalue weighted by atomic mass is 19.1. The van der Waals surface area contributed by atoms with Crippen molar-refractivity contribution in [3.63, 3.8) is 0 Å². The van der Waals surface area contributed by atoms with Crippen molar-refractivity contribution in [2.75, 3.05) is 11.1 Å². The molecule has 11 heteroatoms. The molecule has 3 aromatic heterocycles. The van der Waals surface area contributed by atoms with Crippen LogP contribution in [-0.2, 0) is 16.6 Å². The van der Waals surface area contributed by atoms with Gasteiger partial charge in [0.05, 0.1) is 17.5 Å². The maximum atomic E-state index is 13.6. The van der Waals surface area contributed by atoms with Crippen LogP contribution in [0.1, 0.15) is 43.5 Å². The van der Waals surface area contributed by atoms with Gasteiger partial charge in [-0.05, 0) is 37.5 Å². The summed E-state index contributed by atoms with van der Waals surface area (Å²) in [5.74, 6) is -1.21. The number of phenolic OH excluding ortho intramolecular Hbond substituents is 1. The summed E-state index contributed by atoms with van der Waals surface area (Å²) in [4.78, 5) is 30.9. The summed E-state index contributed by atoms with van der Waals surface area (Å²) in [6.45, 7) is 3.72. The minimum atomic E-state index is -1.31. The zero-order valence-corrected chi connectivity index (χ0v) is 18.0. The number of hydrogen-bond donors (Lipinski definition) is 3. The van der Waals surface area contributed by atoms with Crippen LogP contribution in [0.15, 0.2) is 30.7 Å². The number of fused-ring (bicyclic) bond motifs is 2. The van der Waals surface area contributed by atoms with Crippen molar-refractivity contribution in [3.05, 3.63) is 53.4 Å². The second-order valence-electron chi connectivity index (χ2n) is 8.11. The molecule has 4 heterocycles. The Kier molecular flexibility index (Phi) is 4.69. The van der Waals surface area contributed by atoms with Crippen LogP contribution in [0.25, 0.3) is 17.2 Å². The fourth-order valence-electron chi connectivity index (χ4n) is 4.13. The number of aryl methyl sites for hydroxylation is 1. The number of amides is 1. The van der Waals surface area contributed by atoms with Gasteiger partial charge in [-0.2, -0.15) is 5.10 Å². The summed E-state index contributed by atoms with van der Waals surface area (Å²) >= 11 is 0. The number of nitrogens with zero attached hydrogens (tertiary/aromatic N) is 6. The van der Waals surface area contributed by atoms with E-state index in [-0.39, 0.29) is 17.5 Å². The van der Waals surface area contributed by atoms with Crippen molar-refractivity contribution < 1.29 is 14.3 Å². The van der Waals surface area contributed by atoms with Gasteiger partial charge in [0, 0.05) is 0 Å². The van der Waals surface area contributed by atoms with Crippen LogP contribution in [0.2, 0.25) is 0 Å². The van der Waals surface area contributed by atoms with Crippen molar-refractivity contribution in [1.29, 1.82) is 0 Å². The summed E-state index contributed by atoms with van der Waals surface area (Å²) in [5.41, 5.74) is 7.61. The van der Waals surface area contributed by atoms with E-state index < -0.39 is 22.9 Å². The van der Waals surface area contributed by atoms with Crippen LogP contribution in [0.5, 0.6) is 5.75 Å². The number of unbranched alkanes of at least 4 members (excludes halogenated alkanes) is 1. The minimum Gasteiger partial charge on any atom is -0.505 e. The molecule has 4 N–H and O–H groups in total. The number of nitrogen functional groups attached to an aromatic ring is 1. The van der Waals surface area contributed by atoms with E-state index in [1.54, 1.807) is 17.6 Å². The van der Waals surface area contributed by atoms with Gasteiger partial charge >= 0.3 is 0 Å². The average molecular weight is 448 g/mol. The largest absolute Gasteiger partial charge is 0.505 e. The van der Waals surface area contributed by atoms with Crippen LogP contribution in [-0.4, -0.2) is 40.6 Å². The first-order chi connectivity index (χ1) is 15.8. The number of phenols is 1. The summed E-state index contributed by atoms with van der Waals surface area (Å²) < 4.78 is 15.2. The number of carbonyl (C=O) groups excluding carboxylic acids is 1. The first kappa shape index (κ1) is 20.7. The van der Waals surface area contributed by atoms with Gasteiger partial charge in [-0.3, -0.25) is 4.79 Å². The van der Waals surface area contributed by atoms with Gasteiger partial charge < -0.3 is 16.2 Å². The molecule has 0 bridgehead atoms. The molecule has 0 saturated carbocycles. The molecule has 1 aliphatic rings. The highest BCUT2D eigenvalue weighted by molar-refractivity contribution is 6.09. The fraction of sp³-hybridized carbons (Fsp3) is 0.273. The lowest BCUT2D eigenvalue weighted by Gasteiger charge is -2.23. The van der Waals surface area contributed by atoms with Crippen LogP contribution in [0.3, 0.4) is 0 Å². The first-order valence-corrected chi connectivity index (χ1v) is 10.5. The van der Waals surface area contributed by atoms with E-state index in [4.69, 9.17) is 10.7 Å². The molecule has 4 aromatic rings. The van der Waals surface area contributed by atoms with Crippen molar-refractivity contribution >= 4 is 23.2 Å². The van der Waals surface area contributed by atoms with E-state index in [0.29, 0.717) is 22.5 Å². The molecule has 1 atom stereocenters. The quantitative estimate of drug-likeness (QED) is 0.423. The second kappa shape index (κ2) is 7.47. The Bertz CT molecular complexity index is 1420. The zero-order chi connectivity index (χ0) is 23.3. The Morgan fingerprint density at radius 1 is 1.27 bits per heavy atom. The van der Waals surface area contributed by atoms with E-state index in [1.807, 2.05) is 0 Å². The van der Waals surface area contributed by atoms with Gasteiger partial charge in [0.1, 0.15) is 29.1 Å². The molecule has 0 saturated heterocycles. The van der Waals surface area contributed by atoms with E-state index in [0.717, 1.165) is 31.0 Å². The highest BCUT2D eigenvalue weighted by Crippen LogP contribution is 2.45. The number of hydrogen-bond acceptors (Lipinski definition) is 8. The minimum absolute atomic E-state index is 0.0789. The smallest absolute Gasteiger partial charge is 0.240 e. The number of aromatic hydroxyl groups is 1. The van der Waals surface area contributed by atoms with E-state index >= 15 is 0 Å². The van der Waals surface area contributed by atoms with Crippen LogP contribution < -0.4 is 11.1 Å². The zero-order valence-electron chi connectivity index (χ0n) is 18.0. The summed E-state index contributed by atoms with van der Waals surface area (Å²) in [6, 6.07) is 3.73. The molecule has 0 unspecified atom stereocenters. The summed E-state index contributed by atoms with van der Waals surface area (Å²) in [6.07, 6.45) is 5.77. The molecule has 0 radical (unpaired) electrons. The Balaban J connectivity index is 1.64. The van der Waals surface area contributed by atoms with Gasteiger partial charge in [0.2, 0.25) is 5.91 Å². The number of benzene rings is 1. The van der Waals surface area contributed by atoms with Gasteiger partial charge in [-0.15, -0.1) is 0 Å². The molecule has 0 fully saturated rings. The Morgan fingerprint density at radius 2 is 2.09 bits per heavy atom. The van der Waals surface area contributed by atoms with Crippen LogP contribution in [0.4, 0.5) is 16.0 Å². The maximum absolute atomic E-state index is 13.6. The third-order valence-corrected chi connectivity index (χ3v) is 5.97. The molecule has 0 spiro atoms. The van der Waals surface area contributed by atoms with Crippen molar-refractivity contribution in [2.45, 2.75) is 38.5 Å². The highest BCUT2D eigenvalue weighted by Gasteiger charge is 2.48. The standard InChI is InChI=1S/C22H21FN8O2/c1-3-4-5-13-20-25-10-26-31(20)9-14(27-13)18-28-17(24)16-19(29-18)30-21(33)22(16,2)11-6-7-12(23)15(32)8-11/h6-10,32H,3-5H2,1-2H3,(H3,24,28,29,30,33)/t22-/m1/s1. The molecule has 1 aromatic carbocycles. The van der Waals surface area contributed by atoms with Crippen LogP contribution in [0, 0.1) is 5.82 Å². The van der Waals surface area contributed by atoms with Crippen LogP contribution >= 0.6 is 0 Å². The molecular weight excluding hydrogens is 427 g/mol.